The van der Waals surface area contributed by atoms with Crippen LogP contribution in [0, 0.1) is 23.6 Å². The van der Waals surface area contributed by atoms with Gasteiger partial charge in [0.15, 0.2) is 0 Å². The van der Waals surface area contributed by atoms with Crippen LogP contribution in [0.3, 0.4) is 0 Å². The molecule has 0 radical (unpaired) electrons. The van der Waals surface area contributed by atoms with Crippen LogP contribution in [-0.2, 0) is 12.8 Å². The van der Waals surface area contributed by atoms with E-state index in [2.05, 4.69) is 16.0 Å². The van der Waals surface area contributed by atoms with Crippen LogP contribution in [0.15, 0.2) is 42.5 Å². The number of aromatic nitrogens is 1. The molecule has 0 amide bonds. The first-order valence-electron chi connectivity index (χ1n) is 11.1. The average molecular weight is 407 g/mol. The van der Waals surface area contributed by atoms with Crippen molar-refractivity contribution >= 4 is 10.9 Å². The van der Waals surface area contributed by atoms with Gasteiger partial charge in [-0.05, 0) is 85.5 Å². The molecular formula is C25H27FN2O2. The molecule has 0 bridgehead atoms. The Morgan fingerprint density at radius 1 is 1.10 bits per heavy atom. The Morgan fingerprint density at radius 2 is 1.97 bits per heavy atom. The highest BCUT2D eigenvalue weighted by atomic mass is 19.1. The van der Waals surface area contributed by atoms with Crippen molar-refractivity contribution in [3.05, 3.63) is 65.1 Å². The third kappa shape index (κ3) is 3.03. The van der Waals surface area contributed by atoms with Gasteiger partial charge >= 0.3 is 0 Å². The van der Waals surface area contributed by atoms with Crippen molar-refractivity contribution in [1.82, 2.24) is 9.88 Å². The lowest BCUT2D eigenvalue weighted by molar-refractivity contribution is 0.0583. The van der Waals surface area contributed by atoms with Crippen molar-refractivity contribution in [2.45, 2.75) is 37.8 Å². The summed E-state index contributed by atoms with van der Waals surface area (Å²) in [6, 6.07) is 12.7. The largest absolute Gasteiger partial charge is 0.508 e. The number of aromatic hydroxyl groups is 1. The van der Waals surface area contributed by atoms with Crippen molar-refractivity contribution in [2.24, 2.45) is 17.8 Å². The minimum Gasteiger partial charge on any atom is -0.508 e. The van der Waals surface area contributed by atoms with Crippen molar-refractivity contribution in [1.29, 1.82) is 0 Å². The molecule has 3 aliphatic rings. The van der Waals surface area contributed by atoms with E-state index in [4.69, 9.17) is 0 Å². The average Bonchev–Trinajstić information content (AvgIpc) is 3.33. The zero-order valence-corrected chi connectivity index (χ0v) is 16.9. The fourth-order valence-electron chi connectivity index (χ4n) is 6.05. The molecule has 3 N–H and O–H groups in total. The van der Waals surface area contributed by atoms with E-state index in [1.807, 2.05) is 18.2 Å². The van der Waals surface area contributed by atoms with Crippen molar-refractivity contribution < 1.29 is 14.6 Å². The lowest BCUT2D eigenvalue weighted by Crippen LogP contribution is -2.46. The maximum absolute atomic E-state index is 13.9. The van der Waals surface area contributed by atoms with E-state index in [1.165, 1.54) is 17.3 Å². The summed E-state index contributed by atoms with van der Waals surface area (Å²) in [6.45, 7) is 1.99. The third-order valence-corrected chi connectivity index (χ3v) is 7.63. The highest BCUT2D eigenvalue weighted by Gasteiger charge is 2.47. The maximum Gasteiger partial charge on any atom is 0.123 e. The zero-order valence-electron chi connectivity index (χ0n) is 16.9. The number of benzene rings is 2. The summed E-state index contributed by atoms with van der Waals surface area (Å²) in [6.07, 6.45) is 3.72. The molecule has 2 fully saturated rings. The van der Waals surface area contributed by atoms with Crippen LogP contribution in [0.4, 0.5) is 4.39 Å². The first kappa shape index (κ1) is 18.4. The molecule has 1 aliphatic heterocycles. The number of nitrogens with zero attached hydrogens (tertiary/aromatic N) is 1. The molecular weight excluding hydrogens is 379 g/mol. The van der Waals surface area contributed by atoms with Crippen LogP contribution in [0.1, 0.15) is 35.7 Å². The lowest BCUT2D eigenvalue weighted by Gasteiger charge is -2.44. The number of hydrogen-bond donors (Lipinski definition) is 3. The zero-order chi connectivity index (χ0) is 20.4. The van der Waals surface area contributed by atoms with E-state index in [1.54, 1.807) is 12.1 Å². The number of phenols is 1. The molecule has 4 nitrogen and oxygen atoms in total. The number of hydrogen-bond acceptors (Lipinski definition) is 3. The van der Waals surface area contributed by atoms with E-state index in [-0.39, 0.29) is 29.6 Å². The first-order valence-corrected chi connectivity index (χ1v) is 11.1. The van der Waals surface area contributed by atoms with Crippen molar-refractivity contribution in [3.63, 3.8) is 0 Å². The lowest BCUT2D eigenvalue weighted by atomic mass is 9.73. The van der Waals surface area contributed by atoms with E-state index >= 15 is 0 Å². The topological polar surface area (TPSA) is 59.5 Å². The number of phenolic OH excluding ortho intramolecular Hbond substituents is 1. The molecule has 2 aliphatic carbocycles. The number of nitrogens with one attached hydrogen (secondary N) is 1. The highest BCUT2D eigenvalue weighted by molar-refractivity contribution is 5.85. The van der Waals surface area contributed by atoms with Gasteiger partial charge < -0.3 is 15.2 Å². The van der Waals surface area contributed by atoms with Crippen LogP contribution in [-0.4, -0.2) is 39.3 Å². The predicted octanol–water partition coefficient (Wildman–Crippen LogP) is 4.17. The van der Waals surface area contributed by atoms with Gasteiger partial charge in [0.05, 0.1) is 6.10 Å². The Hall–Kier alpha value is -2.37. The molecule has 156 valence electrons. The molecule has 5 unspecified atom stereocenters. The van der Waals surface area contributed by atoms with E-state index < -0.39 is 0 Å². The van der Waals surface area contributed by atoms with E-state index in [9.17, 15) is 14.6 Å². The summed E-state index contributed by atoms with van der Waals surface area (Å²) >= 11 is 0. The van der Waals surface area contributed by atoms with Crippen LogP contribution in [0.2, 0.25) is 0 Å². The monoisotopic (exact) mass is 406 g/mol. The summed E-state index contributed by atoms with van der Waals surface area (Å²) < 4.78 is 13.9. The minimum atomic E-state index is -0.246. The summed E-state index contributed by atoms with van der Waals surface area (Å²) in [5, 5.41) is 21.2. The standard InChI is InChI=1S/C25H27FN2O2/c26-17-4-5-22-20(11-17)19-9-16-13-28(7-6-14(16)10-23(19)27-22)25(21-12-24(21)30)15-2-1-3-18(29)8-15/h1-5,8,11,14,16,21,24-25,27,29-30H,6-7,9-10,12-13H2. The molecule has 5 atom stereocenters. The Bertz CT molecular complexity index is 1110. The Morgan fingerprint density at radius 3 is 2.77 bits per heavy atom. The van der Waals surface area contributed by atoms with Crippen molar-refractivity contribution in [2.75, 3.05) is 13.1 Å². The molecule has 30 heavy (non-hydrogen) atoms. The van der Waals surface area contributed by atoms with Gasteiger partial charge in [0.2, 0.25) is 0 Å². The fourth-order valence-corrected chi connectivity index (χ4v) is 6.05. The van der Waals surface area contributed by atoms with Gasteiger partial charge in [0.1, 0.15) is 11.6 Å². The molecule has 2 heterocycles. The molecule has 1 aromatic heterocycles. The second kappa shape index (κ2) is 6.82. The Labute approximate surface area is 175 Å². The Balaban J connectivity index is 1.30. The van der Waals surface area contributed by atoms with Crippen LogP contribution in [0.25, 0.3) is 10.9 Å². The Kier molecular flexibility index (Phi) is 4.19. The van der Waals surface area contributed by atoms with Crippen molar-refractivity contribution in [3.8, 4) is 5.75 Å². The molecule has 6 rings (SSSR count). The summed E-state index contributed by atoms with van der Waals surface area (Å²) in [4.78, 5) is 6.06. The van der Waals surface area contributed by atoms with Crippen LogP contribution in [0.5, 0.6) is 5.75 Å². The number of aliphatic hydroxyl groups excluding tert-OH is 1. The number of halogens is 1. The van der Waals surface area contributed by atoms with Gasteiger partial charge in [-0.15, -0.1) is 0 Å². The first-order chi connectivity index (χ1) is 14.6. The fraction of sp³-hybridized carbons (Fsp3) is 0.440. The second-order valence-corrected chi connectivity index (χ2v) is 9.49. The number of fused-ring (bicyclic) bond motifs is 4. The van der Waals surface area contributed by atoms with Gasteiger partial charge in [0, 0.05) is 35.1 Å². The molecule has 2 aromatic carbocycles. The normalized spacial score (nSPS) is 29.4. The minimum absolute atomic E-state index is 0.148. The quantitative estimate of drug-likeness (QED) is 0.612. The number of piperidine rings is 1. The summed E-state index contributed by atoms with van der Waals surface area (Å²) in [5.41, 5.74) is 4.71. The molecule has 0 spiro atoms. The van der Waals surface area contributed by atoms with Gasteiger partial charge in [-0.25, -0.2) is 4.39 Å². The van der Waals surface area contributed by atoms with Gasteiger partial charge in [-0.1, -0.05) is 12.1 Å². The summed E-state index contributed by atoms with van der Waals surface area (Å²) in [5.74, 6) is 1.52. The maximum atomic E-state index is 13.9. The van der Waals surface area contributed by atoms with Gasteiger partial charge in [0.25, 0.3) is 0 Å². The predicted molar refractivity (Wildman–Crippen MR) is 114 cm³/mol. The number of likely N-dealkylation sites (tertiary alicyclic amines) is 1. The highest BCUT2D eigenvalue weighted by Crippen LogP contribution is 2.48. The molecule has 3 aromatic rings. The van der Waals surface area contributed by atoms with E-state index in [0.717, 1.165) is 55.2 Å². The second-order valence-electron chi connectivity index (χ2n) is 9.49. The SMILES string of the molecule is Oc1cccc(C(C2CC2O)N2CCC3Cc4[nH]c5ccc(F)cc5c4CC3C2)c1. The van der Waals surface area contributed by atoms with Crippen LogP contribution < -0.4 is 0 Å². The molecule has 1 saturated carbocycles. The summed E-state index contributed by atoms with van der Waals surface area (Å²) in [7, 11) is 0. The smallest absolute Gasteiger partial charge is 0.123 e. The third-order valence-electron chi connectivity index (χ3n) is 7.63. The number of H-pyrrole nitrogens is 1. The van der Waals surface area contributed by atoms with Crippen LogP contribution >= 0.6 is 0 Å². The number of rotatable bonds is 3. The van der Waals surface area contributed by atoms with Gasteiger partial charge in [-0.3, -0.25) is 4.90 Å². The van der Waals surface area contributed by atoms with Gasteiger partial charge in [-0.2, -0.15) is 0 Å². The molecule has 5 heteroatoms. The molecule has 1 saturated heterocycles. The number of aliphatic hydroxyl groups is 1. The number of aromatic amines is 1. The van der Waals surface area contributed by atoms with E-state index in [0.29, 0.717) is 11.8 Å².